The molecule has 0 radical (unpaired) electrons. The maximum Gasteiger partial charge on any atom is 0.264 e. The minimum Gasteiger partial charge on any atom is -0.483 e. The molecule has 2 N–H and O–H groups in total. The van der Waals surface area contributed by atoms with E-state index in [1.807, 2.05) is 6.92 Å². The van der Waals surface area contributed by atoms with Gasteiger partial charge in [-0.05, 0) is 55.7 Å². The fourth-order valence-corrected chi connectivity index (χ4v) is 3.06. The molecule has 0 saturated heterocycles. The lowest BCUT2D eigenvalue weighted by Gasteiger charge is -2.24. The Kier molecular flexibility index (Phi) is 6.46. The summed E-state index contributed by atoms with van der Waals surface area (Å²) in [6.07, 6.45) is 5.93. The maximum atomic E-state index is 11.9. The topological polar surface area (TPSA) is 50.4 Å². The molecule has 1 aliphatic carbocycles. The minimum absolute atomic E-state index is 0.0744. The first kappa shape index (κ1) is 17.0. The van der Waals surface area contributed by atoms with Crippen molar-refractivity contribution in [2.75, 3.05) is 6.61 Å². The first-order valence-corrected chi connectivity index (χ1v) is 8.32. The molecule has 1 saturated carbocycles. The molecule has 4 nitrogen and oxygen atoms in total. The van der Waals surface area contributed by atoms with Gasteiger partial charge in [-0.15, -0.1) is 0 Å². The molecule has 2 rings (SSSR count). The number of nitrogens with one attached hydrogen (secondary N) is 2. The van der Waals surface area contributed by atoms with E-state index in [9.17, 15) is 4.79 Å². The molecule has 0 spiro atoms. The molecule has 0 aromatic heterocycles. The quantitative estimate of drug-likeness (QED) is 0.825. The molecular formula is C16H21ClN2O2S. The Morgan fingerprint density at radius 1 is 1.36 bits per heavy atom. The van der Waals surface area contributed by atoms with Crippen LogP contribution in [-0.2, 0) is 4.79 Å². The highest BCUT2D eigenvalue weighted by Crippen LogP contribution is 2.21. The molecule has 1 aromatic rings. The second-order valence-electron chi connectivity index (χ2n) is 5.56. The summed E-state index contributed by atoms with van der Waals surface area (Å²) in [4.78, 5) is 11.9. The van der Waals surface area contributed by atoms with Crippen molar-refractivity contribution in [3.05, 3.63) is 28.8 Å². The summed E-state index contributed by atoms with van der Waals surface area (Å²) in [6, 6.07) is 5.66. The van der Waals surface area contributed by atoms with Crippen LogP contribution in [0.2, 0.25) is 5.02 Å². The normalized spacial score (nSPS) is 15.2. The third-order valence-electron chi connectivity index (χ3n) is 3.69. The predicted octanol–water partition coefficient (Wildman–Crippen LogP) is 3.35. The molecule has 0 heterocycles. The van der Waals surface area contributed by atoms with Gasteiger partial charge in [-0.25, -0.2) is 0 Å². The fraction of sp³-hybridized carbons (Fsp3) is 0.500. The van der Waals surface area contributed by atoms with Crippen molar-refractivity contribution in [1.29, 1.82) is 0 Å². The van der Waals surface area contributed by atoms with Crippen molar-refractivity contribution in [3.8, 4) is 5.75 Å². The second kappa shape index (κ2) is 8.34. The van der Waals surface area contributed by atoms with Crippen LogP contribution in [-0.4, -0.2) is 23.7 Å². The number of carbonyl (C=O) groups excluding carboxylic acids is 1. The summed E-state index contributed by atoms with van der Waals surface area (Å²) < 4.78 is 5.49. The van der Waals surface area contributed by atoms with E-state index >= 15 is 0 Å². The predicted molar refractivity (Wildman–Crippen MR) is 92.4 cm³/mol. The van der Waals surface area contributed by atoms with E-state index in [-0.39, 0.29) is 12.5 Å². The molecule has 1 aliphatic rings. The molecule has 1 fully saturated rings. The molecule has 6 heteroatoms. The van der Waals surface area contributed by atoms with Gasteiger partial charge in [0.15, 0.2) is 11.7 Å². The summed E-state index contributed by atoms with van der Waals surface area (Å²) in [5.74, 6) is 0.383. The third kappa shape index (κ3) is 5.46. The van der Waals surface area contributed by atoms with Crippen LogP contribution in [0.3, 0.4) is 0 Å². The third-order valence-corrected chi connectivity index (χ3v) is 4.14. The van der Waals surface area contributed by atoms with Gasteiger partial charge in [-0.2, -0.15) is 0 Å². The van der Waals surface area contributed by atoms with Crippen LogP contribution in [0.1, 0.15) is 37.7 Å². The standard InChI is InChI=1S/C16H21ClN2O2S/c1-11-9-12(17)7-8-14(11)21-10-15(20)19-16(22)18-13-5-3-2-4-6-13/h7-9,13H,2-6,10H2,1H3,(H2,18,19,20,22). The van der Waals surface area contributed by atoms with Crippen LogP contribution in [0.5, 0.6) is 5.75 Å². The first-order valence-electron chi connectivity index (χ1n) is 7.54. The average Bonchev–Trinajstić information content (AvgIpc) is 2.47. The number of aryl methyl sites for hydroxylation is 1. The van der Waals surface area contributed by atoms with Gasteiger partial charge in [0.1, 0.15) is 5.75 Å². The van der Waals surface area contributed by atoms with Crippen LogP contribution in [0.15, 0.2) is 18.2 Å². The average molecular weight is 341 g/mol. The molecule has 0 bridgehead atoms. The summed E-state index contributed by atoms with van der Waals surface area (Å²) >= 11 is 11.0. The van der Waals surface area contributed by atoms with Crippen molar-refractivity contribution in [3.63, 3.8) is 0 Å². The number of ether oxygens (including phenoxy) is 1. The molecule has 0 atom stereocenters. The number of hydrogen-bond donors (Lipinski definition) is 2. The zero-order chi connectivity index (χ0) is 15.9. The highest BCUT2D eigenvalue weighted by atomic mass is 35.5. The van der Waals surface area contributed by atoms with Gasteiger partial charge in [0.05, 0.1) is 0 Å². The lowest BCUT2D eigenvalue weighted by Crippen LogP contribution is -2.46. The van der Waals surface area contributed by atoms with E-state index < -0.39 is 0 Å². The van der Waals surface area contributed by atoms with Crippen LogP contribution in [0, 0.1) is 6.92 Å². The highest BCUT2D eigenvalue weighted by Gasteiger charge is 2.15. The zero-order valence-electron chi connectivity index (χ0n) is 12.7. The Bertz CT molecular complexity index is 545. The molecular weight excluding hydrogens is 320 g/mol. The van der Waals surface area contributed by atoms with Gasteiger partial charge in [-0.1, -0.05) is 30.9 Å². The molecule has 120 valence electrons. The smallest absolute Gasteiger partial charge is 0.264 e. The molecule has 1 aromatic carbocycles. The van der Waals surface area contributed by atoms with Crippen LogP contribution >= 0.6 is 23.8 Å². The van der Waals surface area contributed by atoms with Crippen LogP contribution in [0.25, 0.3) is 0 Å². The Morgan fingerprint density at radius 2 is 2.09 bits per heavy atom. The van der Waals surface area contributed by atoms with Gasteiger partial charge in [0.25, 0.3) is 5.91 Å². The van der Waals surface area contributed by atoms with E-state index in [0.29, 0.717) is 21.9 Å². The number of rotatable bonds is 4. The van der Waals surface area contributed by atoms with Gasteiger partial charge in [-0.3, -0.25) is 4.79 Å². The number of carbonyl (C=O) groups is 1. The Balaban J connectivity index is 1.73. The maximum absolute atomic E-state index is 11.9. The number of halogens is 1. The van der Waals surface area contributed by atoms with Crippen LogP contribution in [0.4, 0.5) is 0 Å². The first-order chi connectivity index (χ1) is 10.5. The lowest BCUT2D eigenvalue weighted by atomic mass is 9.96. The van der Waals surface area contributed by atoms with E-state index in [1.165, 1.54) is 19.3 Å². The molecule has 1 amide bonds. The number of benzene rings is 1. The van der Waals surface area contributed by atoms with Gasteiger partial charge in [0.2, 0.25) is 0 Å². The van der Waals surface area contributed by atoms with E-state index in [1.54, 1.807) is 18.2 Å². The SMILES string of the molecule is Cc1cc(Cl)ccc1OCC(=O)NC(=S)NC1CCCCC1. The largest absolute Gasteiger partial charge is 0.483 e. The molecule has 0 aliphatic heterocycles. The van der Waals surface area contributed by atoms with Crippen molar-refractivity contribution < 1.29 is 9.53 Å². The molecule has 0 unspecified atom stereocenters. The monoisotopic (exact) mass is 340 g/mol. The summed E-state index contributed by atoms with van der Waals surface area (Å²) in [6.45, 7) is 1.81. The minimum atomic E-state index is -0.261. The summed E-state index contributed by atoms with van der Waals surface area (Å²) in [5, 5.41) is 6.88. The number of thiocarbonyl (C=S) groups is 1. The Labute approximate surface area is 141 Å². The van der Waals surface area contributed by atoms with E-state index in [2.05, 4.69) is 10.6 Å². The zero-order valence-corrected chi connectivity index (χ0v) is 14.2. The fourth-order valence-electron chi connectivity index (χ4n) is 2.55. The Hall–Kier alpha value is -1.33. The summed E-state index contributed by atoms with van der Waals surface area (Å²) in [5.41, 5.74) is 0.892. The molecule has 22 heavy (non-hydrogen) atoms. The van der Waals surface area contributed by atoms with E-state index in [0.717, 1.165) is 18.4 Å². The van der Waals surface area contributed by atoms with Crippen LogP contribution < -0.4 is 15.4 Å². The van der Waals surface area contributed by atoms with Crippen molar-refractivity contribution in [2.45, 2.75) is 45.1 Å². The van der Waals surface area contributed by atoms with Crippen molar-refractivity contribution >= 4 is 34.8 Å². The summed E-state index contributed by atoms with van der Waals surface area (Å²) in [7, 11) is 0. The van der Waals surface area contributed by atoms with Gasteiger partial charge < -0.3 is 15.4 Å². The van der Waals surface area contributed by atoms with Crippen molar-refractivity contribution in [2.24, 2.45) is 0 Å². The number of amides is 1. The van der Waals surface area contributed by atoms with Gasteiger partial charge >= 0.3 is 0 Å². The van der Waals surface area contributed by atoms with Gasteiger partial charge in [0, 0.05) is 11.1 Å². The highest BCUT2D eigenvalue weighted by molar-refractivity contribution is 7.80. The van der Waals surface area contributed by atoms with Crippen molar-refractivity contribution in [1.82, 2.24) is 10.6 Å². The number of hydrogen-bond acceptors (Lipinski definition) is 3. The van der Waals surface area contributed by atoms with E-state index in [4.69, 9.17) is 28.6 Å². The Morgan fingerprint density at radius 3 is 2.77 bits per heavy atom. The second-order valence-corrected chi connectivity index (χ2v) is 6.40. The lowest BCUT2D eigenvalue weighted by molar-refractivity contribution is -0.121.